The standard InChI is InChI=1S/C18H20BrFN2O2/c1-22(2)8-3-9-24-17-6-4-16(5-7-17)21-18(23)13-10-14(19)12-15(20)11-13/h4-7,10-12H,3,8-9H2,1-2H3,(H,21,23). The Morgan fingerprint density at radius 3 is 2.54 bits per heavy atom. The zero-order chi connectivity index (χ0) is 17.5. The number of carbonyl (C=O) groups is 1. The van der Waals surface area contributed by atoms with Crippen LogP contribution in [0.1, 0.15) is 16.8 Å². The van der Waals surface area contributed by atoms with Crippen LogP contribution in [-0.2, 0) is 0 Å². The van der Waals surface area contributed by atoms with Crippen LogP contribution in [0.2, 0.25) is 0 Å². The van der Waals surface area contributed by atoms with Gasteiger partial charge in [0, 0.05) is 22.3 Å². The summed E-state index contributed by atoms with van der Waals surface area (Å²) in [6.07, 6.45) is 0.944. The predicted molar refractivity (Wildman–Crippen MR) is 97.2 cm³/mol. The lowest BCUT2D eigenvalue weighted by molar-refractivity contribution is 0.102. The fraction of sp³-hybridized carbons (Fsp3) is 0.278. The fourth-order valence-electron chi connectivity index (χ4n) is 2.09. The van der Waals surface area contributed by atoms with Crippen LogP contribution < -0.4 is 10.1 Å². The van der Waals surface area contributed by atoms with Crippen LogP contribution in [0.25, 0.3) is 0 Å². The van der Waals surface area contributed by atoms with E-state index in [1.165, 1.54) is 12.1 Å². The number of rotatable bonds is 7. The Balaban J connectivity index is 1.90. The van der Waals surface area contributed by atoms with Crippen molar-refractivity contribution >= 4 is 27.5 Å². The molecule has 0 aliphatic rings. The van der Waals surface area contributed by atoms with E-state index in [0.717, 1.165) is 18.7 Å². The third kappa shape index (κ3) is 5.94. The van der Waals surface area contributed by atoms with Crippen LogP contribution >= 0.6 is 15.9 Å². The molecule has 0 saturated heterocycles. The summed E-state index contributed by atoms with van der Waals surface area (Å²) in [5.41, 5.74) is 0.881. The van der Waals surface area contributed by atoms with E-state index in [-0.39, 0.29) is 11.5 Å². The lowest BCUT2D eigenvalue weighted by Gasteiger charge is -2.11. The molecule has 1 N–H and O–H groups in total. The summed E-state index contributed by atoms with van der Waals surface area (Å²) in [6.45, 7) is 1.61. The van der Waals surface area contributed by atoms with Gasteiger partial charge in [0.25, 0.3) is 5.91 Å². The summed E-state index contributed by atoms with van der Waals surface area (Å²) in [6, 6.07) is 11.2. The number of carbonyl (C=O) groups excluding carboxylic acids is 1. The Morgan fingerprint density at radius 2 is 1.92 bits per heavy atom. The molecule has 6 heteroatoms. The van der Waals surface area contributed by atoms with Gasteiger partial charge in [0.15, 0.2) is 0 Å². The molecule has 0 aliphatic carbocycles. The minimum absolute atomic E-state index is 0.255. The number of nitrogens with one attached hydrogen (secondary N) is 1. The van der Waals surface area contributed by atoms with Crippen molar-refractivity contribution in [1.82, 2.24) is 4.90 Å². The maximum atomic E-state index is 13.3. The SMILES string of the molecule is CN(C)CCCOc1ccc(NC(=O)c2cc(F)cc(Br)c2)cc1. The van der Waals surface area contributed by atoms with E-state index in [1.807, 2.05) is 14.1 Å². The average Bonchev–Trinajstić information content (AvgIpc) is 2.52. The van der Waals surface area contributed by atoms with Crippen LogP contribution in [0.15, 0.2) is 46.9 Å². The number of hydrogen-bond acceptors (Lipinski definition) is 3. The van der Waals surface area contributed by atoms with Crippen LogP contribution in [0.3, 0.4) is 0 Å². The maximum absolute atomic E-state index is 13.3. The highest BCUT2D eigenvalue weighted by Crippen LogP contribution is 2.19. The maximum Gasteiger partial charge on any atom is 0.255 e. The molecule has 0 radical (unpaired) electrons. The summed E-state index contributed by atoms with van der Waals surface area (Å²) in [5, 5.41) is 2.73. The van der Waals surface area contributed by atoms with Crippen molar-refractivity contribution in [3.05, 3.63) is 58.3 Å². The van der Waals surface area contributed by atoms with Crippen molar-refractivity contribution in [2.75, 3.05) is 32.6 Å². The predicted octanol–water partition coefficient (Wildman–Crippen LogP) is 4.17. The van der Waals surface area contributed by atoms with Crippen molar-refractivity contribution in [2.45, 2.75) is 6.42 Å². The molecule has 2 aromatic rings. The monoisotopic (exact) mass is 394 g/mol. The lowest BCUT2D eigenvalue weighted by atomic mass is 10.2. The summed E-state index contributed by atoms with van der Waals surface area (Å²) >= 11 is 3.18. The zero-order valence-electron chi connectivity index (χ0n) is 13.7. The third-order valence-electron chi connectivity index (χ3n) is 3.26. The summed E-state index contributed by atoms with van der Waals surface area (Å²) in [5.74, 6) is -0.0777. The Hall–Kier alpha value is -1.92. The van der Waals surface area contributed by atoms with Crippen molar-refractivity contribution in [1.29, 1.82) is 0 Å². The molecule has 0 bridgehead atoms. The molecule has 128 valence electrons. The molecule has 0 heterocycles. The molecule has 0 unspecified atom stereocenters. The molecule has 24 heavy (non-hydrogen) atoms. The van der Waals surface area contributed by atoms with Gasteiger partial charge in [0.05, 0.1) is 6.61 Å². The number of ether oxygens (including phenoxy) is 1. The Labute approximate surface area is 149 Å². The summed E-state index contributed by atoms with van der Waals surface area (Å²) in [7, 11) is 4.04. The molecule has 0 saturated carbocycles. The highest BCUT2D eigenvalue weighted by molar-refractivity contribution is 9.10. The second kappa shape index (κ2) is 8.80. The molecule has 0 atom stereocenters. The first-order valence-corrected chi connectivity index (χ1v) is 8.38. The molecule has 4 nitrogen and oxygen atoms in total. The number of hydrogen-bond donors (Lipinski definition) is 1. The van der Waals surface area contributed by atoms with E-state index in [4.69, 9.17) is 4.74 Å². The van der Waals surface area contributed by atoms with Gasteiger partial charge < -0.3 is 15.0 Å². The van der Waals surface area contributed by atoms with Gasteiger partial charge in [-0.15, -0.1) is 0 Å². The van der Waals surface area contributed by atoms with Crippen molar-refractivity contribution in [3.63, 3.8) is 0 Å². The van der Waals surface area contributed by atoms with Gasteiger partial charge in [0.1, 0.15) is 11.6 Å². The summed E-state index contributed by atoms with van der Waals surface area (Å²) < 4.78 is 19.5. The zero-order valence-corrected chi connectivity index (χ0v) is 15.3. The number of amides is 1. The van der Waals surface area contributed by atoms with Gasteiger partial charge in [-0.1, -0.05) is 15.9 Å². The second-order valence-corrected chi connectivity index (χ2v) is 6.56. The highest BCUT2D eigenvalue weighted by Gasteiger charge is 2.09. The molecular weight excluding hydrogens is 375 g/mol. The van der Waals surface area contributed by atoms with Crippen LogP contribution in [0.4, 0.5) is 10.1 Å². The first-order valence-electron chi connectivity index (χ1n) is 7.59. The minimum Gasteiger partial charge on any atom is -0.494 e. The fourth-order valence-corrected chi connectivity index (χ4v) is 2.56. The topological polar surface area (TPSA) is 41.6 Å². The number of benzene rings is 2. The number of nitrogens with zero attached hydrogens (tertiary/aromatic N) is 1. The van der Waals surface area contributed by atoms with E-state index in [2.05, 4.69) is 26.1 Å². The molecule has 1 amide bonds. The Bertz CT molecular complexity index is 670. The quantitative estimate of drug-likeness (QED) is 0.716. The smallest absolute Gasteiger partial charge is 0.255 e. The second-order valence-electron chi connectivity index (χ2n) is 5.64. The van der Waals surface area contributed by atoms with Crippen LogP contribution in [0.5, 0.6) is 5.75 Å². The van der Waals surface area contributed by atoms with Gasteiger partial charge in [-0.05, 0) is 63.0 Å². The van der Waals surface area contributed by atoms with Crippen molar-refractivity contribution in [2.24, 2.45) is 0 Å². The molecule has 2 rings (SSSR count). The van der Waals surface area contributed by atoms with E-state index in [1.54, 1.807) is 30.3 Å². The van der Waals surface area contributed by atoms with Gasteiger partial charge in [-0.3, -0.25) is 4.79 Å². The van der Waals surface area contributed by atoms with Crippen LogP contribution in [0, 0.1) is 5.82 Å². The molecule has 0 fully saturated rings. The Morgan fingerprint density at radius 1 is 1.21 bits per heavy atom. The molecule has 2 aromatic carbocycles. The molecule has 0 aliphatic heterocycles. The summed E-state index contributed by atoms with van der Waals surface area (Å²) in [4.78, 5) is 14.2. The van der Waals surface area contributed by atoms with E-state index >= 15 is 0 Å². The van der Waals surface area contributed by atoms with Gasteiger partial charge in [-0.25, -0.2) is 4.39 Å². The molecule has 0 aromatic heterocycles. The number of anilines is 1. The van der Waals surface area contributed by atoms with E-state index in [0.29, 0.717) is 16.8 Å². The number of halogens is 2. The largest absolute Gasteiger partial charge is 0.494 e. The van der Waals surface area contributed by atoms with Gasteiger partial charge in [-0.2, -0.15) is 0 Å². The first-order chi connectivity index (χ1) is 11.4. The van der Waals surface area contributed by atoms with E-state index in [9.17, 15) is 9.18 Å². The lowest BCUT2D eigenvalue weighted by Crippen LogP contribution is -2.15. The molecular formula is C18H20BrFN2O2. The van der Waals surface area contributed by atoms with Gasteiger partial charge in [0.2, 0.25) is 0 Å². The normalized spacial score (nSPS) is 10.7. The van der Waals surface area contributed by atoms with Crippen LogP contribution in [-0.4, -0.2) is 38.1 Å². The average molecular weight is 395 g/mol. The third-order valence-corrected chi connectivity index (χ3v) is 3.71. The van der Waals surface area contributed by atoms with Crippen molar-refractivity contribution < 1.29 is 13.9 Å². The Kier molecular flexibility index (Phi) is 6.75. The minimum atomic E-state index is -0.462. The van der Waals surface area contributed by atoms with Crippen molar-refractivity contribution in [3.8, 4) is 5.75 Å². The molecule has 0 spiro atoms. The van der Waals surface area contributed by atoms with Gasteiger partial charge >= 0.3 is 0 Å². The highest BCUT2D eigenvalue weighted by atomic mass is 79.9. The van der Waals surface area contributed by atoms with E-state index < -0.39 is 5.82 Å². The first kappa shape index (κ1) is 18.4.